The molecule has 3 N–H and O–H groups in total. The van der Waals surface area contributed by atoms with Gasteiger partial charge in [0.25, 0.3) is 5.91 Å². The molecule has 1 aromatic heterocycles. The van der Waals surface area contributed by atoms with E-state index in [4.69, 9.17) is 4.74 Å². The van der Waals surface area contributed by atoms with Crippen molar-refractivity contribution in [1.29, 1.82) is 0 Å². The fourth-order valence-corrected chi connectivity index (χ4v) is 2.92. The Balaban J connectivity index is 1.73. The van der Waals surface area contributed by atoms with Crippen molar-refractivity contribution in [2.24, 2.45) is 4.99 Å². The topological polar surface area (TPSA) is 87.6 Å². The zero-order chi connectivity index (χ0) is 18.1. The molecule has 2 aromatic rings. The first kappa shape index (κ1) is 18.7. The number of para-hydroxylation sites is 1. The molecule has 0 saturated heterocycles. The Morgan fingerprint density at radius 1 is 1.24 bits per heavy atom. The van der Waals surface area contributed by atoms with Crippen LogP contribution in [0.15, 0.2) is 34.8 Å². The molecule has 1 amide bonds. The molecular formula is C17H23N5O2S. The van der Waals surface area contributed by atoms with Crippen LogP contribution in [0.25, 0.3) is 0 Å². The number of aryl methyl sites for hydroxylation is 1. The van der Waals surface area contributed by atoms with E-state index in [2.05, 4.69) is 25.9 Å². The highest BCUT2D eigenvalue weighted by atomic mass is 32.1. The van der Waals surface area contributed by atoms with Crippen molar-refractivity contribution < 1.29 is 9.53 Å². The largest absolute Gasteiger partial charge is 0.496 e. The van der Waals surface area contributed by atoms with Crippen LogP contribution in [0.2, 0.25) is 0 Å². The van der Waals surface area contributed by atoms with E-state index in [-0.39, 0.29) is 5.91 Å². The second-order valence-electron chi connectivity index (χ2n) is 5.19. The van der Waals surface area contributed by atoms with E-state index < -0.39 is 0 Å². The van der Waals surface area contributed by atoms with Gasteiger partial charge >= 0.3 is 0 Å². The van der Waals surface area contributed by atoms with Gasteiger partial charge in [-0.3, -0.25) is 9.79 Å². The number of rotatable bonds is 7. The van der Waals surface area contributed by atoms with Crippen LogP contribution >= 0.6 is 11.3 Å². The highest BCUT2D eigenvalue weighted by Gasteiger charge is 2.10. The quantitative estimate of drug-likeness (QED) is 0.396. The van der Waals surface area contributed by atoms with E-state index in [0.29, 0.717) is 30.5 Å². The molecule has 0 bridgehead atoms. The standard InChI is InChI=1S/C17H23N5O2S/c1-12-15(25-11-22-12)16(23)19-8-9-20-17(18-2)21-10-13-6-4-5-7-14(13)24-3/h4-7,11H,8-10H2,1-3H3,(H,19,23)(H2,18,20,21). The number of carbonyl (C=O) groups excluding carboxylic acids is 1. The number of hydrogen-bond donors (Lipinski definition) is 3. The van der Waals surface area contributed by atoms with Gasteiger partial charge in [-0.2, -0.15) is 0 Å². The summed E-state index contributed by atoms with van der Waals surface area (Å²) in [7, 11) is 3.36. The van der Waals surface area contributed by atoms with Crippen LogP contribution in [0.1, 0.15) is 20.9 Å². The minimum Gasteiger partial charge on any atom is -0.496 e. The first-order chi connectivity index (χ1) is 12.2. The molecule has 0 saturated carbocycles. The molecule has 0 atom stereocenters. The molecule has 0 fully saturated rings. The number of nitrogens with zero attached hydrogens (tertiary/aromatic N) is 2. The summed E-state index contributed by atoms with van der Waals surface area (Å²) in [5, 5.41) is 9.25. The molecule has 7 nitrogen and oxygen atoms in total. The summed E-state index contributed by atoms with van der Waals surface area (Å²) >= 11 is 1.34. The third-order valence-electron chi connectivity index (χ3n) is 3.52. The number of aliphatic imine (C=N–C) groups is 1. The van der Waals surface area contributed by atoms with Crippen molar-refractivity contribution in [3.05, 3.63) is 45.9 Å². The highest BCUT2D eigenvalue weighted by Crippen LogP contribution is 2.16. The lowest BCUT2D eigenvalue weighted by Crippen LogP contribution is -2.41. The zero-order valence-corrected chi connectivity index (χ0v) is 15.4. The molecule has 0 spiro atoms. The number of aromatic nitrogens is 1. The van der Waals surface area contributed by atoms with Gasteiger partial charge in [-0.1, -0.05) is 18.2 Å². The number of hydrogen-bond acceptors (Lipinski definition) is 5. The smallest absolute Gasteiger partial charge is 0.263 e. The second-order valence-corrected chi connectivity index (χ2v) is 6.04. The van der Waals surface area contributed by atoms with Gasteiger partial charge in [0, 0.05) is 32.2 Å². The van der Waals surface area contributed by atoms with Crippen LogP contribution < -0.4 is 20.7 Å². The SMILES string of the molecule is CN=C(NCCNC(=O)c1scnc1C)NCc1ccccc1OC. The van der Waals surface area contributed by atoms with Crippen molar-refractivity contribution in [2.75, 3.05) is 27.2 Å². The van der Waals surface area contributed by atoms with E-state index in [0.717, 1.165) is 17.0 Å². The molecule has 0 aliphatic carbocycles. The molecule has 8 heteroatoms. The molecule has 0 aliphatic rings. The average molecular weight is 361 g/mol. The Kier molecular flexibility index (Phi) is 7.21. The fourth-order valence-electron chi connectivity index (χ4n) is 2.21. The molecule has 1 aromatic carbocycles. The molecule has 0 aliphatic heterocycles. The van der Waals surface area contributed by atoms with Gasteiger partial charge in [-0.15, -0.1) is 11.3 Å². The lowest BCUT2D eigenvalue weighted by atomic mass is 10.2. The third-order valence-corrected chi connectivity index (χ3v) is 4.44. The Labute approximate surface area is 151 Å². The zero-order valence-electron chi connectivity index (χ0n) is 14.6. The Morgan fingerprint density at radius 3 is 2.68 bits per heavy atom. The maximum Gasteiger partial charge on any atom is 0.263 e. The van der Waals surface area contributed by atoms with Crippen LogP contribution in [0.4, 0.5) is 0 Å². The number of methoxy groups -OCH3 is 1. The minimum absolute atomic E-state index is 0.0984. The highest BCUT2D eigenvalue weighted by molar-refractivity contribution is 7.11. The van der Waals surface area contributed by atoms with Gasteiger partial charge < -0.3 is 20.7 Å². The molecule has 25 heavy (non-hydrogen) atoms. The predicted molar refractivity (Wildman–Crippen MR) is 100 cm³/mol. The fraction of sp³-hybridized carbons (Fsp3) is 0.353. The molecular weight excluding hydrogens is 338 g/mol. The van der Waals surface area contributed by atoms with Crippen LogP contribution in [-0.4, -0.2) is 44.1 Å². The predicted octanol–water partition coefficient (Wildman–Crippen LogP) is 1.56. The number of guanidine groups is 1. The van der Waals surface area contributed by atoms with Crippen molar-refractivity contribution >= 4 is 23.2 Å². The van der Waals surface area contributed by atoms with Crippen molar-refractivity contribution in [3.63, 3.8) is 0 Å². The summed E-state index contributed by atoms with van der Waals surface area (Å²) < 4.78 is 5.33. The number of ether oxygens (including phenoxy) is 1. The lowest BCUT2D eigenvalue weighted by Gasteiger charge is -2.14. The maximum atomic E-state index is 12.0. The average Bonchev–Trinajstić information content (AvgIpc) is 3.07. The summed E-state index contributed by atoms with van der Waals surface area (Å²) in [6.07, 6.45) is 0. The summed E-state index contributed by atoms with van der Waals surface area (Å²) in [5.74, 6) is 1.39. The summed E-state index contributed by atoms with van der Waals surface area (Å²) in [6.45, 7) is 3.48. The molecule has 0 radical (unpaired) electrons. The third kappa shape index (κ3) is 5.46. The maximum absolute atomic E-state index is 12.0. The van der Waals surface area contributed by atoms with E-state index in [9.17, 15) is 4.79 Å². The molecule has 134 valence electrons. The minimum atomic E-state index is -0.0984. The Bertz CT molecular complexity index is 729. The molecule has 2 rings (SSSR count). The first-order valence-corrected chi connectivity index (χ1v) is 8.78. The van der Waals surface area contributed by atoms with Gasteiger partial charge in [-0.05, 0) is 13.0 Å². The van der Waals surface area contributed by atoms with Gasteiger partial charge in [0.1, 0.15) is 10.6 Å². The first-order valence-electron chi connectivity index (χ1n) is 7.90. The molecule has 1 heterocycles. The Morgan fingerprint density at radius 2 is 2.00 bits per heavy atom. The van der Waals surface area contributed by atoms with Crippen molar-refractivity contribution in [2.45, 2.75) is 13.5 Å². The Hall–Kier alpha value is -2.61. The summed E-state index contributed by atoms with van der Waals surface area (Å²) in [4.78, 5) is 20.9. The number of benzene rings is 1. The lowest BCUT2D eigenvalue weighted by molar-refractivity contribution is 0.0957. The number of amides is 1. The van der Waals surface area contributed by atoms with Gasteiger partial charge in [0.15, 0.2) is 5.96 Å². The number of thiazole rings is 1. The van der Waals surface area contributed by atoms with Crippen molar-refractivity contribution in [1.82, 2.24) is 20.9 Å². The monoisotopic (exact) mass is 361 g/mol. The van der Waals surface area contributed by atoms with E-state index in [1.165, 1.54) is 11.3 Å². The van der Waals surface area contributed by atoms with Crippen LogP contribution in [0.5, 0.6) is 5.75 Å². The molecule has 0 unspecified atom stereocenters. The van der Waals surface area contributed by atoms with E-state index >= 15 is 0 Å². The normalized spacial score (nSPS) is 11.1. The second kappa shape index (κ2) is 9.63. The van der Waals surface area contributed by atoms with Gasteiger partial charge in [-0.25, -0.2) is 4.98 Å². The van der Waals surface area contributed by atoms with Crippen LogP contribution in [0.3, 0.4) is 0 Å². The summed E-state index contributed by atoms with van der Waals surface area (Å²) in [6, 6.07) is 7.82. The number of nitrogens with one attached hydrogen (secondary N) is 3. The van der Waals surface area contributed by atoms with Gasteiger partial charge in [0.05, 0.1) is 18.3 Å². The van der Waals surface area contributed by atoms with E-state index in [1.54, 1.807) is 19.7 Å². The number of carbonyl (C=O) groups is 1. The van der Waals surface area contributed by atoms with Crippen LogP contribution in [-0.2, 0) is 6.54 Å². The van der Waals surface area contributed by atoms with Crippen LogP contribution in [0, 0.1) is 6.92 Å². The summed E-state index contributed by atoms with van der Waals surface area (Å²) in [5.41, 5.74) is 3.47. The van der Waals surface area contributed by atoms with Crippen molar-refractivity contribution in [3.8, 4) is 5.75 Å². The van der Waals surface area contributed by atoms with E-state index in [1.807, 2.05) is 31.2 Å². The van der Waals surface area contributed by atoms with Gasteiger partial charge in [0.2, 0.25) is 0 Å².